The van der Waals surface area contributed by atoms with Gasteiger partial charge in [-0.3, -0.25) is 10.1 Å². The minimum absolute atomic E-state index is 0.144. The third kappa shape index (κ3) is 3.92. The summed E-state index contributed by atoms with van der Waals surface area (Å²) in [6.07, 6.45) is 2.41. The summed E-state index contributed by atoms with van der Waals surface area (Å²) < 4.78 is 0. The Morgan fingerprint density at radius 2 is 2.16 bits per heavy atom. The Balaban J connectivity index is 1.82. The van der Waals surface area contributed by atoms with Crippen molar-refractivity contribution in [1.29, 1.82) is 0 Å². The zero-order chi connectivity index (χ0) is 13.7. The molecule has 0 spiro atoms. The third-order valence-corrected chi connectivity index (χ3v) is 3.81. The van der Waals surface area contributed by atoms with E-state index in [4.69, 9.17) is 0 Å². The van der Waals surface area contributed by atoms with Crippen molar-refractivity contribution in [1.82, 2.24) is 4.90 Å². The Kier molecular flexibility index (Phi) is 4.74. The van der Waals surface area contributed by atoms with Crippen LogP contribution in [0.3, 0.4) is 0 Å². The fraction of sp³-hybridized carbons (Fsp3) is 0.571. The maximum atomic E-state index is 10.7. The molecule has 0 aromatic heterocycles. The molecule has 0 unspecified atom stereocenters. The molecular formula is C14H21N3O2. The second-order valence-corrected chi connectivity index (χ2v) is 5.07. The molecule has 1 aromatic carbocycles. The average Bonchev–Trinajstić information content (AvgIpc) is 2.46. The quantitative estimate of drug-likeness (QED) is 0.655. The molecule has 104 valence electrons. The fourth-order valence-electron chi connectivity index (χ4n) is 2.50. The van der Waals surface area contributed by atoms with Crippen molar-refractivity contribution < 1.29 is 4.92 Å². The lowest BCUT2D eigenvalue weighted by Gasteiger charge is -2.31. The molecule has 5 heteroatoms. The first kappa shape index (κ1) is 13.8. The van der Waals surface area contributed by atoms with Gasteiger partial charge in [0, 0.05) is 24.4 Å². The van der Waals surface area contributed by atoms with Crippen LogP contribution in [0.4, 0.5) is 11.4 Å². The van der Waals surface area contributed by atoms with Gasteiger partial charge in [0.15, 0.2) is 0 Å². The van der Waals surface area contributed by atoms with Crippen molar-refractivity contribution >= 4 is 11.4 Å². The Hall–Kier alpha value is -1.62. The number of hydrogen-bond acceptors (Lipinski definition) is 4. The first-order valence-corrected chi connectivity index (χ1v) is 6.89. The molecule has 0 radical (unpaired) electrons. The Labute approximate surface area is 113 Å². The number of anilines is 1. The predicted octanol–water partition coefficient (Wildman–Crippen LogP) is 2.74. The van der Waals surface area contributed by atoms with Crippen LogP contribution in [0.5, 0.6) is 0 Å². The van der Waals surface area contributed by atoms with Crippen LogP contribution in [-0.4, -0.2) is 36.0 Å². The number of rotatable bonds is 5. The lowest BCUT2D eigenvalue weighted by Crippen LogP contribution is -2.35. The summed E-state index contributed by atoms with van der Waals surface area (Å²) in [5.74, 6) is 0.669. The molecular weight excluding hydrogens is 242 g/mol. The summed E-state index contributed by atoms with van der Waals surface area (Å²) in [5.41, 5.74) is 0.984. The summed E-state index contributed by atoms with van der Waals surface area (Å²) in [6.45, 7) is 6.56. The van der Waals surface area contributed by atoms with E-state index in [9.17, 15) is 10.1 Å². The molecule has 1 fully saturated rings. The first-order chi connectivity index (χ1) is 9.19. The van der Waals surface area contributed by atoms with Crippen molar-refractivity contribution in [2.75, 3.05) is 31.5 Å². The van der Waals surface area contributed by atoms with Gasteiger partial charge in [0.05, 0.1) is 4.92 Å². The molecule has 1 aliphatic heterocycles. The van der Waals surface area contributed by atoms with Gasteiger partial charge < -0.3 is 10.2 Å². The van der Waals surface area contributed by atoms with Crippen molar-refractivity contribution in [3.05, 3.63) is 34.4 Å². The van der Waals surface area contributed by atoms with Gasteiger partial charge in [-0.2, -0.15) is 0 Å². The van der Waals surface area contributed by atoms with Crippen molar-refractivity contribution in [3.8, 4) is 0 Å². The molecule has 0 aliphatic carbocycles. The van der Waals surface area contributed by atoms with Crippen LogP contribution >= 0.6 is 0 Å². The summed E-state index contributed by atoms with van der Waals surface area (Å²) in [5, 5.41) is 14.0. The van der Waals surface area contributed by atoms with Gasteiger partial charge in [-0.1, -0.05) is 13.0 Å². The van der Waals surface area contributed by atoms with Gasteiger partial charge in [0.25, 0.3) is 5.69 Å². The highest BCUT2D eigenvalue weighted by atomic mass is 16.6. The lowest BCUT2D eigenvalue weighted by molar-refractivity contribution is -0.384. The van der Waals surface area contributed by atoms with Gasteiger partial charge in [0.1, 0.15) is 0 Å². The predicted molar refractivity (Wildman–Crippen MR) is 76.4 cm³/mol. The number of nitro groups is 1. The molecule has 1 saturated heterocycles. The number of likely N-dealkylation sites (tertiary alicyclic amines) is 1. The number of nitrogens with zero attached hydrogens (tertiary/aromatic N) is 2. The van der Waals surface area contributed by atoms with E-state index >= 15 is 0 Å². The van der Waals surface area contributed by atoms with E-state index in [-0.39, 0.29) is 10.6 Å². The number of nitro benzene ring substituents is 1. The molecule has 0 atom stereocenters. The SMILES string of the molecule is CCN1CCC(CNc2cccc([N+](=O)[O-])c2)CC1. The van der Waals surface area contributed by atoms with Gasteiger partial charge >= 0.3 is 0 Å². The van der Waals surface area contributed by atoms with Crippen LogP contribution in [0.2, 0.25) is 0 Å². The molecule has 0 bridgehead atoms. The second-order valence-electron chi connectivity index (χ2n) is 5.07. The van der Waals surface area contributed by atoms with Gasteiger partial charge in [-0.15, -0.1) is 0 Å². The van der Waals surface area contributed by atoms with Crippen LogP contribution in [-0.2, 0) is 0 Å². The first-order valence-electron chi connectivity index (χ1n) is 6.89. The normalized spacial score (nSPS) is 17.3. The molecule has 1 aliphatic rings. The molecule has 0 saturated carbocycles. The fourth-order valence-corrected chi connectivity index (χ4v) is 2.50. The number of hydrogen-bond donors (Lipinski definition) is 1. The zero-order valence-corrected chi connectivity index (χ0v) is 11.3. The summed E-state index contributed by atoms with van der Waals surface area (Å²) in [7, 11) is 0. The largest absolute Gasteiger partial charge is 0.385 e. The standard InChI is InChI=1S/C14H21N3O2/c1-2-16-8-6-12(7-9-16)11-15-13-4-3-5-14(10-13)17(18)19/h3-5,10,12,15H,2,6-9,11H2,1H3. The van der Waals surface area contributed by atoms with Crippen LogP contribution in [0.25, 0.3) is 0 Å². The minimum atomic E-state index is -0.356. The van der Waals surface area contributed by atoms with E-state index in [2.05, 4.69) is 17.1 Å². The monoisotopic (exact) mass is 263 g/mol. The van der Waals surface area contributed by atoms with Gasteiger partial charge in [0.2, 0.25) is 0 Å². The van der Waals surface area contributed by atoms with Crippen molar-refractivity contribution in [2.24, 2.45) is 5.92 Å². The van der Waals surface area contributed by atoms with Gasteiger partial charge in [-0.05, 0) is 44.5 Å². The third-order valence-electron chi connectivity index (χ3n) is 3.81. The highest BCUT2D eigenvalue weighted by Crippen LogP contribution is 2.20. The van der Waals surface area contributed by atoms with Crippen LogP contribution in [0, 0.1) is 16.0 Å². The maximum Gasteiger partial charge on any atom is 0.271 e. The summed E-state index contributed by atoms with van der Waals surface area (Å²) >= 11 is 0. The molecule has 5 nitrogen and oxygen atoms in total. The minimum Gasteiger partial charge on any atom is -0.385 e. The van der Waals surface area contributed by atoms with Gasteiger partial charge in [-0.25, -0.2) is 0 Å². The molecule has 1 N–H and O–H groups in total. The highest BCUT2D eigenvalue weighted by molar-refractivity contribution is 5.50. The van der Waals surface area contributed by atoms with E-state index in [0.29, 0.717) is 5.92 Å². The zero-order valence-electron chi connectivity index (χ0n) is 11.3. The van der Waals surface area contributed by atoms with E-state index in [1.807, 2.05) is 6.07 Å². The lowest BCUT2D eigenvalue weighted by atomic mass is 9.97. The van der Waals surface area contributed by atoms with Crippen LogP contribution in [0.15, 0.2) is 24.3 Å². The Morgan fingerprint density at radius 3 is 2.79 bits per heavy atom. The van der Waals surface area contributed by atoms with Crippen molar-refractivity contribution in [3.63, 3.8) is 0 Å². The summed E-state index contributed by atoms with van der Waals surface area (Å²) in [6, 6.07) is 6.72. The number of piperidine rings is 1. The topological polar surface area (TPSA) is 58.4 Å². The number of non-ortho nitro benzene ring substituents is 1. The number of benzene rings is 1. The van der Waals surface area contributed by atoms with Crippen LogP contribution in [0.1, 0.15) is 19.8 Å². The smallest absolute Gasteiger partial charge is 0.271 e. The molecule has 0 amide bonds. The summed E-state index contributed by atoms with van der Waals surface area (Å²) in [4.78, 5) is 12.8. The second kappa shape index (κ2) is 6.52. The highest BCUT2D eigenvalue weighted by Gasteiger charge is 2.17. The number of nitrogens with one attached hydrogen (secondary N) is 1. The molecule has 1 aromatic rings. The average molecular weight is 263 g/mol. The Bertz CT molecular complexity index is 428. The molecule has 2 rings (SSSR count). The van der Waals surface area contributed by atoms with E-state index in [1.165, 1.54) is 18.9 Å². The van der Waals surface area contributed by atoms with E-state index < -0.39 is 0 Å². The van der Waals surface area contributed by atoms with Crippen molar-refractivity contribution in [2.45, 2.75) is 19.8 Å². The van der Waals surface area contributed by atoms with E-state index in [0.717, 1.165) is 31.9 Å². The molecule has 1 heterocycles. The van der Waals surface area contributed by atoms with Crippen LogP contribution < -0.4 is 5.32 Å². The Morgan fingerprint density at radius 1 is 1.42 bits per heavy atom. The van der Waals surface area contributed by atoms with E-state index in [1.54, 1.807) is 12.1 Å². The maximum absolute atomic E-state index is 10.7. The molecule has 19 heavy (non-hydrogen) atoms.